The second-order valence-electron chi connectivity index (χ2n) is 3.80. The van der Waals surface area contributed by atoms with Crippen LogP contribution in [0.4, 0.5) is 0 Å². The molecule has 0 aliphatic rings. The average Bonchev–Trinajstić information content (AvgIpc) is 2.28. The van der Waals surface area contributed by atoms with Crippen LogP contribution in [0.3, 0.4) is 0 Å². The molecule has 2 aromatic rings. The summed E-state index contributed by atoms with van der Waals surface area (Å²) in [6, 6.07) is 16.2. The number of benzene rings is 2. The molecule has 0 aromatic heterocycles. The predicted molar refractivity (Wildman–Crippen MR) is 66.0 cm³/mol. The highest BCUT2D eigenvalue weighted by atomic mass is 32.3. The summed E-state index contributed by atoms with van der Waals surface area (Å²) in [5.74, 6) is 0.0402. The van der Waals surface area contributed by atoms with Crippen molar-refractivity contribution in [1.29, 1.82) is 0 Å². The van der Waals surface area contributed by atoms with Gasteiger partial charge in [0.05, 0.1) is 0 Å². The second-order valence-corrected chi connectivity index (χ2v) is 4.78. The molecule has 0 radical (unpaired) electrons. The molecular weight excluding hydrogens is 252 g/mol. The van der Waals surface area contributed by atoms with Gasteiger partial charge in [-0.25, -0.2) is 8.42 Å². The number of rotatable bonds is 4. The largest absolute Gasteiger partial charge is 0.716 e. The fourth-order valence-electron chi connectivity index (χ4n) is 1.66. The molecule has 0 fully saturated rings. The molecule has 0 bridgehead atoms. The van der Waals surface area contributed by atoms with E-state index in [1.165, 1.54) is 6.07 Å². The zero-order chi connectivity index (χ0) is 13.0. The first-order valence-corrected chi connectivity index (χ1v) is 6.64. The van der Waals surface area contributed by atoms with Crippen LogP contribution < -0.4 is 4.18 Å². The molecule has 0 spiro atoms. The molecule has 2 aromatic carbocycles. The van der Waals surface area contributed by atoms with Crippen LogP contribution in [-0.4, -0.2) is 13.0 Å². The Morgan fingerprint density at radius 2 is 1.61 bits per heavy atom. The maximum absolute atomic E-state index is 10.5. The van der Waals surface area contributed by atoms with Crippen LogP contribution in [0.15, 0.2) is 54.6 Å². The molecule has 2 rings (SSSR count). The van der Waals surface area contributed by atoms with E-state index in [1.54, 1.807) is 12.1 Å². The zero-order valence-electron chi connectivity index (χ0n) is 9.44. The molecule has 0 saturated heterocycles. The van der Waals surface area contributed by atoms with Crippen molar-refractivity contribution >= 4 is 10.4 Å². The first-order chi connectivity index (χ1) is 8.53. The van der Waals surface area contributed by atoms with Gasteiger partial charge in [-0.2, -0.15) is 0 Å². The van der Waals surface area contributed by atoms with Gasteiger partial charge in [-0.15, -0.1) is 0 Å². The molecule has 94 valence electrons. The fourth-order valence-corrected chi connectivity index (χ4v) is 2.00. The SMILES string of the molecule is O=S(=O)([O-])Oc1cccc(Cc2ccccc2)c1. The molecule has 0 aliphatic carbocycles. The number of hydrogen-bond acceptors (Lipinski definition) is 4. The topological polar surface area (TPSA) is 66.4 Å². The quantitative estimate of drug-likeness (QED) is 0.626. The van der Waals surface area contributed by atoms with Gasteiger partial charge in [0.1, 0.15) is 5.75 Å². The van der Waals surface area contributed by atoms with E-state index in [9.17, 15) is 13.0 Å². The lowest BCUT2D eigenvalue weighted by Gasteiger charge is -2.10. The van der Waals surface area contributed by atoms with Crippen LogP contribution in [0.1, 0.15) is 11.1 Å². The van der Waals surface area contributed by atoms with Gasteiger partial charge in [0, 0.05) is 0 Å². The third-order valence-electron chi connectivity index (χ3n) is 2.35. The summed E-state index contributed by atoms with van der Waals surface area (Å²) in [5, 5.41) is 0. The van der Waals surface area contributed by atoms with Crippen molar-refractivity contribution in [2.45, 2.75) is 6.42 Å². The van der Waals surface area contributed by atoms with E-state index >= 15 is 0 Å². The molecule has 0 unspecified atom stereocenters. The summed E-state index contributed by atoms with van der Waals surface area (Å²) in [6.07, 6.45) is 0.650. The van der Waals surface area contributed by atoms with Crippen molar-refractivity contribution in [3.05, 3.63) is 65.7 Å². The minimum Gasteiger partial charge on any atom is -0.716 e. The summed E-state index contributed by atoms with van der Waals surface area (Å²) in [7, 11) is -4.72. The second kappa shape index (κ2) is 5.20. The molecule has 0 atom stereocenters. The van der Waals surface area contributed by atoms with Crippen molar-refractivity contribution in [1.82, 2.24) is 0 Å². The van der Waals surface area contributed by atoms with E-state index in [2.05, 4.69) is 4.18 Å². The average molecular weight is 263 g/mol. The Hall–Kier alpha value is -1.85. The normalized spacial score (nSPS) is 11.2. The Bertz CT molecular complexity index is 620. The maximum Gasteiger partial charge on any atom is 0.262 e. The van der Waals surface area contributed by atoms with E-state index in [1.807, 2.05) is 36.4 Å². The van der Waals surface area contributed by atoms with Crippen LogP contribution >= 0.6 is 0 Å². The first-order valence-electron chi connectivity index (χ1n) is 5.31. The van der Waals surface area contributed by atoms with Crippen molar-refractivity contribution in [2.75, 3.05) is 0 Å². The molecule has 18 heavy (non-hydrogen) atoms. The van der Waals surface area contributed by atoms with E-state index < -0.39 is 10.4 Å². The highest BCUT2D eigenvalue weighted by Gasteiger charge is 2.01. The molecule has 4 nitrogen and oxygen atoms in total. The van der Waals surface area contributed by atoms with Gasteiger partial charge in [0.2, 0.25) is 0 Å². The summed E-state index contributed by atoms with van der Waals surface area (Å²) >= 11 is 0. The predicted octanol–water partition coefficient (Wildman–Crippen LogP) is 2.12. The number of hydrogen-bond donors (Lipinski definition) is 0. The van der Waals surface area contributed by atoms with Crippen molar-refractivity contribution in [3.63, 3.8) is 0 Å². The van der Waals surface area contributed by atoms with Gasteiger partial charge in [0.15, 0.2) is 0 Å². The lowest BCUT2D eigenvalue weighted by Crippen LogP contribution is -2.07. The van der Waals surface area contributed by atoms with Gasteiger partial charge in [-0.05, 0) is 29.7 Å². The van der Waals surface area contributed by atoms with Crippen molar-refractivity contribution in [3.8, 4) is 5.75 Å². The highest BCUT2D eigenvalue weighted by molar-refractivity contribution is 7.81. The molecule has 5 heteroatoms. The third-order valence-corrected chi connectivity index (χ3v) is 2.74. The van der Waals surface area contributed by atoms with E-state index in [4.69, 9.17) is 0 Å². The van der Waals surface area contributed by atoms with E-state index in [-0.39, 0.29) is 5.75 Å². The fraction of sp³-hybridized carbons (Fsp3) is 0.0769. The van der Waals surface area contributed by atoms with Crippen molar-refractivity contribution in [2.24, 2.45) is 0 Å². The Morgan fingerprint density at radius 1 is 0.944 bits per heavy atom. The van der Waals surface area contributed by atoms with Crippen LogP contribution in [0.2, 0.25) is 0 Å². The van der Waals surface area contributed by atoms with Gasteiger partial charge >= 0.3 is 0 Å². The van der Waals surface area contributed by atoms with Gasteiger partial charge in [0.25, 0.3) is 10.4 Å². The molecule has 0 aliphatic heterocycles. The standard InChI is InChI=1S/C13H12O4S/c14-18(15,16)17-13-8-4-7-12(10-13)9-11-5-2-1-3-6-11/h1-8,10H,9H2,(H,14,15,16)/p-1. The molecule has 0 N–H and O–H groups in total. The minimum absolute atomic E-state index is 0.0402. The molecule has 0 saturated carbocycles. The minimum atomic E-state index is -4.72. The third kappa shape index (κ3) is 3.87. The Morgan fingerprint density at radius 3 is 2.28 bits per heavy atom. The maximum atomic E-state index is 10.5. The summed E-state index contributed by atoms with van der Waals surface area (Å²) < 4.78 is 35.8. The smallest absolute Gasteiger partial charge is 0.262 e. The molecule has 0 amide bonds. The van der Waals surface area contributed by atoms with Gasteiger partial charge in [-0.3, -0.25) is 0 Å². The van der Waals surface area contributed by atoms with Crippen molar-refractivity contribution < 1.29 is 17.2 Å². The van der Waals surface area contributed by atoms with Crippen LogP contribution in [0, 0.1) is 0 Å². The highest BCUT2D eigenvalue weighted by Crippen LogP contribution is 2.17. The van der Waals surface area contributed by atoms with E-state index in [0.29, 0.717) is 6.42 Å². The lowest BCUT2D eigenvalue weighted by molar-refractivity contribution is 0.372. The molecular formula is C13H11O4S-. The summed E-state index contributed by atoms with van der Waals surface area (Å²) in [6.45, 7) is 0. The summed E-state index contributed by atoms with van der Waals surface area (Å²) in [5.41, 5.74) is 1.97. The van der Waals surface area contributed by atoms with Crippen LogP contribution in [-0.2, 0) is 16.8 Å². The lowest BCUT2D eigenvalue weighted by atomic mass is 10.1. The Labute approximate surface area is 106 Å². The Balaban J connectivity index is 2.18. The summed E-state index contributed by atoms with van der Waals surface area (Å²) in [4.78, 5) is 0. The van der Waals surface area contributed by atoms with Crippen LogP contribution in [0.5, 0.6) is 5.75 Å². The van der Waals surface area contributed by atoms with E-state index in [0.717, 1.165) is 11.1 Å². The monoisotopic (exact) mass is 263 g/mol. The van der Waals surface area contributed by atoms with Crippen LogP contribution in [0.25, 0.3) is 0 Å². The molecule has 0 heterocycles. The van der Waals surface area contributed by atoms with Gasteiger partial charge in [-0.1, -0.05) is 42.5 Å². The Kier molecular flexibility index (Phi) is 3.64. The first kappa shape index (κ1) is 12.6. The van der Waals surface area contributed by atoms with Gasteiger partial charge < -0.3 is 8.74 Å². The zero-order valence-corrected chi connectivity index (χ0v) is 10.3.